The predicted molar refractivity (Wildman–Crippen MR) is 120 cm³/mol. The van der Waals surface area contributed by atoms with Gasteiger partial charge in [0.1, 0.15) is 0 Å². The van der Waals surface area contributed by atoms with E-state index in [9.17, 15) is 0 Å². The molecule has 7 nitrogen and oxygen atoms in total. The fraction of sp³-hybridized carbons (Fsp3) is 0.789. The molecule has 0 spiro atoms. The van der Waals surface area contributed by atoms with Gasteiger partial charge in [0.25, 0.3) is 0 Å². The van der Waals surface area contributed by atoms with Crippen molar-refractivity contribution in [3.63, 3.8) is 0 Å². The van der Waals surface area contributed by atoms with E-state index in [0.29, 0.717) is 24.6 Å². The number of likely N-dealkylation sites (N-methyl/N-ethyl adjacent to an activating group) is 1. The van der Waals surface area contributed by atoms with Gasteiger partial charge < -0.3 is 20.3 Å². The molecule has 1 aromatic rings. The van der Waals surface area contributed by atoms with Crippen LogP contribution in [0.15, 0.2) is 17.4 Å². The van der Waals surface area contributed by atoms with E-state index in [1.165, 1.54) is 5.56 Å². The van der Waals surface area contributed by atoms with Crippen LogP contribution in [0.3, 0.4) is 0 Å². The van der Waals surface area contributed by atoms with Crippen LogP contribution in [0.1, 0.15) is 38.8 Å². The van der Waals surface area contributed by atoms with Crippen LogP contribution in [-0.2, 0) is 11.8 Å². The van der Waals surface area contributed by atoms with Gasteiger partial charge in [-0.1, -0.05) is 13.8 Å². The maximum Gasteiger partial charge on any atom is 0.191 e. The second kappa shape index (κ2) is 9.09. The first-order valence-electron chi connectivity index (χ1n) is 9.66. The summed E-state index contributed by atoms with van der Waals surface area (Å²) < 4.78 is 7.76. The van der Waals surface area contributed by atoms with Crippen LogP contribution in [0.4, 0.5) is 0 Å². The smallest absolute Gasteiger partial charge is 0.191 e. The summed E-state index contributed by atoms with van der Waals surface area (Å²) in [4.78, 5) is 7.09. The van der Waals surface area contributed by atoms with Crippen LogP contribution in [0.2, 0.25) is 0 Å². The van der Waals surface area contributed by atoms with Crippen LogP contribution in [-0.4, -0.2) is 66.6 Å². The van der Waals surface area contributed by atoms with E-state index in [4.69, 9.17) is 9.73 Å². The van der Waals surface area contributed by atoms with E-state index in [-0.39, 0.29) is 35.4 Å². The van der Waals surface area contributed by atoms with E-state index < -0.39 is 0 Å². The Balaban J connectivity index is 0.00000261. The van der Waals surface area contributed by atoms with Gasteiger partial charge in [0.05, 0.1) is 24.9 Å². The molecule has 0 amide bonds. The first kappa shape index (κ1) is 22.4. The summed E-state index contributed by atoms with van der Waals surface area (Å²) in [6.07, 6.45) is 5.51. The Kier molecular flexibility index (Phi) is 7.54. The van der Waals surface area contributed by atoms with Crippen molar-refractivity contribution in [2.75, 3.05) is 33.8 Å². The average molecular weight is 490 g/mol. The van der Waals surface area contributed by atoms with Crippen molar-refractivity contribution in [1.29, 1.82) is 0 Å². The molecular weight excluding hydrogens is 455 g/mol. The van der Waals surface area contributed by atoms with Crippen LogP contribution < -0.4 is 10.6 Å². The molecule has 0 radical (unpaired) electrons. The molecule has 4 unspecified atom stereocenters. The van der Waals surface area contributed by atoms with E-state index >= 15 is 0 Å². The molecule has 2 fully saturated rings. The lowest BCUT2D eigenvalue weighted by molar-refractivity contribution is -0.106. The molecule has 27 heavy (non-hydrogen) atoms. The molecule has 154 valence electrons. The Morgan fingerprint density at radius 1 is 1.48 bits per heavy atom. The minimum Gasteiger partial charge on any atom is -0.377 e. The Morgan fingerprint density at radius 3 is 2.81 bits per heavy atom. The molecule has 0 bridgehead atoms. The highest BCUT2D eigenvalue weighted by atomic mass is 127. The van der Waals surface area contributed by atoms with Crippen molar-refractivity contribution in [3.8, 4) is 0 Å². The van der Waals surface area contributed by atoms with E-state index in [0.717, 1.165) is 25.5 Å². The fourth-order valence-corrected chi connectivity index (χ4v) is 4.44. The summed E-state index contributed by atoms with van der Waals surface area (Å²) >= 11 is 0. The fourth-order valence-electron chi connectivity index (χ4n) is 4.44. The van der Waals surface area contributed by atoms with E-state index in [1.807, 2.05) is 17.9 Å². The number of aromatic nitrogens is 2. The SMILES string of the molecule is CCNC(=NCC(c1cnn(C)c1)N(C)C)NC1C2CCOC2C1(C)C.I. The van der Waals surface area contributed by atoms with Crippen LogP contribution in [0.5, 0.6) is 0 Å². The van der Waals surface area contributed by atoms with Gasteiger partial charge in [0, 0.05) is 49.3 Å². The lowest BCUT2D eigenvalue weighted by Crippen LogP contribution is -2.68. The van der Waals surface area contributed by atoms with Crippen LogP contribution in [0, 0.1) is 11.3 Å². The van der Waals surface area contributed by atoms with Gasteiger partial charge in [-0.3, -0.25) is 9.67 Å². The van der Waals surface area contributed by atoms with E-state index in [2.05, 4.69) is 61.7 Å². The van der Waals surface area contributed by atoms with Gasteiger partial charge in [-0.2, -0.15) is 5.10 Å². The lowest BCUT2D eigenvalue weighted by Gasteiger charge is -2.55. The summed E-state index contributed by atoms with van der Waals surface area (Å²) in [6, 6.07) is 0.611. The standard InChI is InChI=1S/C19H34N6O.HI/c1-7-20-18(23-16-14-8-9-26-17(14)19(16,2)3)21-11-15(24(4)5)13-10-22-25(6)12-13;/h10,12,14-17H,7-9,11H2,1-6H3,(H2,20,21,23);1H. The molecular formula is C19H35IN6O. The minimum absolute atomic E-state index is 0. The summed E-state index contributed by atoms with van der Waals surface area (Å²) in [6.45, 7) is 9.11. The number of aliphatic imine (C=N–C) groups is 1. The zero-order valence-electron chi connectivity index (χ0n) is 17.4. The summed E-state index contributed by atoms with van der Waals surface area (Å²) in [5.74, 6) is 1.49. The third-order valence-corrected chi connectivity index (χ3v) is 5.89. The number of guanidine groups is 1. The quantitative estimate of drug-likeness (QED) is 0.363. The number of hydrogen-bond donors (Lipinski definition) is 2. The highest BCUT2D eigenvalue weighted by Crippen LogP contribution is 2.52. The Bertz CT molecular complexity index is 644. The number of aryl methyl sites for hydroxylation is 1. The second-order valence-corrected chi connectivity index (χ2v) is 8.33. The summed E-state index contributed by atoms with van der Waals surface area (Å²) in [7, 11) is 6.12. The molecule has 1 saturated carbocycles. The normalized spacial score (nSPS) is 27.5. The summed E-state index contributed by atoms with van der Waals surface area (Å²) in [5.41, 5.74) is 1.33. The minimum atomic E-state index is 0. The molecule has 2 aliphatic rings. The predicted octanol–water partition coefficient (Wildman–Crippen LogP) is 2.01. The maximum absolute atomic E-state index is 5.91. The third-order valence-electron chi connectivity index (χ3n) is 5.89. The average Bonchev–Trinajstić information content (AvgIpc) is 3.20. The molecule has 1 saturated heterocycles. The van der Waals surface area contributed by atoms with Crippen molar-refractivity contribution < 1.29 is 4.74 Å². The van der Waals surface area contributed by atoms with Gasteiger partial charge in [0.15, 0.2) is 5.96 Å². The molecule has 1 aliphatic heterocycles. The molecule has 2 N–H and O–H groups in total. The molecule has 4 atom stereocenters. The first-order valence-corrected chi connectivity index (χ1v) is 9.66. The second-order valence-electron chi connectivity index (χ2n) is 8.33. The molecule has 1 aliphatic carbocycles. The van der Waals surface area contributed by atoms with Gasteiger partial charge in [-0.25, -0.2) is 0 Å². The Hall–Kier alpha value is -0.870. The van der Waals surface area contributed by atoms with Crippen molar-refractivity contribution >= 4 is 29.9 Å². The topological polar surface area (TPSA) is 66.7 Å². The number of rotatable bonds is 6. The van der Waals surface area contributed by atoms with Gasteiger partial charge in [-0.15, -0.1) is 24.0 Å². The Labute approximate surface area is 180 Å². The van der Waals surface area contributed by atoms with Crippen molar-refractivity contribution in [1.82, 2.24) is 25.3 Å². The highest BCUT2D eigenvalue weighted by Gasteiger charge is 2.59. The number of halogens is 1. The van der Waals surface area contributed by atoms with Gasteiger partial charge in [-0.05, 0) is 27.4 Å². The van der Waals surface area contributed by atoms with Crippen molar-refractivity contribution in [3.05, 3.63) is 18.0 Å². The Morgan fingerprint density at radius 2 is 2.22 bits per heavy atom. The number of hydrogen-bond acceptors (Lipinski definition) is 4. The van der Waals surface area contributed by atoms with Crippen LogP contribution >= 0.6 is 24.0 Å². The van der Waals surface area contributed by atoms with E-state index in [1.54, 1.807) is 0 Å². The third kappa shape index (κ3) is 4.59. The van der Waals surface area contributed by atoms with Gasteiger partial charge in [0.2, 0.25) is 0 Å². The molecule has 2 heterocycles. The van der Waals surface area contributed by atoms with Crippen molar-refractivity contribution in [2.24, 2.45) is 23.4 Å². The molecule has 0 aromatic carbocycles. The van der Waals surface area contributed by atoms with Gasteiger partial charge >= 0.3 is 0 Å². The number of fused-ring (bicyclic) bond motifs is 1. The zero-order valence-corrected chi connectivity index (χ0v) is 19.7. The monoisotopic (exact) mass is 490 g/mol. The zero-order chi connectivity index (χ0) is 18.9. The number of nitrogens with one attached hydrogen (secondary N) is 2. The number of ether oxygens (including phenoxy) is 1. The van der Waals surface area contributed by atoms with Crippen molar-refractivity contribution in [2.45, 2.75) is 45.4 Å². The molecule has 8 heteroatoms. The lowest BCUT2D eigenvalue weighted by atomic mass is 9.57. The summed E-state index contributed by atoms with van der Waals surface area (Å²) in [5, 5.41) is 11.4. The maximum atomic E-state index is 5.91. The molecule has 3 rings (SSSR count). The largest absolute Gasteiger partial charge is 0.377 e. The first-order chi connectivity index (χ1) is 12.3. The molecule has 1 aromatic heterocycles. The number of nitrogens with zero attached hydrogens (tertiary/aromatic N) is 4. The van der Waals surface area contributed by atoms with Crippen LogP contribution in [0.25, 0.3) is 0 Å². The highest BCUT2D eigenvalue weighted by molar-refractivity contribution is 14.0.